The number of hydrogen-bond donors (Lipinski definition) is 0. The maximum atomic E-state index is 3.71. The Morgan fingerprint density at radius 3 is 2.29 bits per heavy atom. The number of unbranched alkanes of at least 4 members (excludes halogenated alkanes) is 1. The number of nitrogens with zero attached hydrogens (tertiary/aromatic N) is 1. The zero-order valence-electron chi connectivity index (χ0n) is 5.28. The zero-order valence-corrected chi connectivity index (χ0v) is 5.28. The van der Waals surface area contributed by atoms with Crippen LogP contribution in [0.15, 0.2) is 0 Å². The van der Waals surface area contributed by atoms with Crippen LogP contribution in [-0.4, -0.2) is 18.5 Å². The Balaban J connectivity index is 2.68. The van der Waals surface area contributed by atoms with E-state index in [-0.39, 0.29) is 0 Å². The summed E-state index contributed by atoms with van der Waals surface area (Å²) in [4.78, 5) is 1.96. The fourth-order valence-electron chi connectivity index (χ4n) is 0.428. The van der Waals surface area contributed by atoms with Crippen LogP contribution < -0.4 is 0 Å². The van der Waals surface area contributed by atoms with Crippen molar-refractivity contribution in [3.63, 3.8) is 0 Å². The molecule has 0 aliphatic carbocycles. The first-order chi connectivity index (χ1) is 3.27. The highest BCUT2D eigenvalue weighted by atomic mass is 15.0. The Labute approximate surface area is 46.3 Å². The lowest BCUT2D eigenvalue weighted by atomic mass is 10.3. The summed E-state index contributed by atoms with van der Waals surface area (Å²) in [6.07, 6.45) is 2.53. The highest BCUT2D eigenvalue weighted by Crippen LogP contribution is 1.87. The van der Waals surface area contributed by atoms with Crippen molar-refractivity contribution >= 4 is 0 Å². The zero-order chi connectivity index (χ0) is 5.70. The van der Waals surface area contributed by atoms with Crippen molar-refractivity contribution in [2.75, 3.05) is 13.6 Å². The van der Waals surface area contributed by atoms with E-state index in [9.17, 15) is 0 Å². The monoisotopic (exact) mass is 100 g/mol. The smallest absolute Gasteiger partial charge is 0.0306 e. The van der Waals surface area contributed by atoms with Crippen molar-refractivity contribution in [3.05, 3.63) is 7.05 Å². The molecule has 0 atom stereocenters. The number of hydrogen-bond acceptors (Lipinski definition) is 1. The third-order valence-corrected chi connectivity index (χ3v) is 0.893. The maximum Gasteiger partial charge on any atom is -0.0306 e. The fourth-order valence-corrected chi connectivity index (χ4v) is 0.428. The Hall–Kier alpha value is -0.0400. The quantitative estimate of drug-likeness (QED) is 0.486. The van der Waals surface area contributed by atoms with Crippen LogP contribution in [0.1, 0.15) is 19.8 Å². The molecule has 7 heavy (non-hydrogen) atoms. The third-order valence-electron chi connectivity index (χ3n) is 0.893. The summed E-state index contributed by atoms with van der Waals surface area (Å²) in [6.45, 7) is 3.31. The van der Waals surface area contributed by atoms with Crippen LogP contribution >= 0.6 is 0 Å². The minimum atomic E-state index is 1.12. The molecule has 0 bridgehead atoms. The van der Waals surface area contributed by atoms with Crippen molar-refractivity contribution < 1.29 is 0 Å². The Bertz CT molecular complexity index is 33.2. The van der Waals surface area contributed by atoms with Crippen LogP contribution in [0, 0.1) is 7.05 Å². The molecule has 0 spiro atoms. The molecule has 1 heteroatoms. The van der Waals surface area contributed by atoms with Crippen LogP contribution in [0.3, 0.4) is 0 Å². The summed E-state index contributed by atoms with van der Waals surface area (Å²) >= 11 is 0. The summed E-state index contributed by atoms with van der Waals surface area (Å²) in [6, 6.07) is 0. The molecule has 0 aliphatic heterocycles. The second kappa shape index (κ2) is 4.13. The van der Waals surface area contributed by atoms with Gasteiger partial charge in [0.15, 0.2) is 0 Å². The predicted molar refractivity (Wildman–Crippen MR) is 32.9 cm³/mol. The molecule has 44 valence electrons. The average molecular weight is 100 g/mol. The Morgan fingerprint density at radius 1 is 1.57 bits per heavy atom. The minimum Gasteiger partial charge on any atom is -0.462 e. The molecule has 0 amide bonds. The molecular weight excluding hydrogens is 86.1 g/mol. The molecule has 0 heterocycles. The standard InChI is InChI=1S/C6H14N/c1-4-5-6-7(2)3/h2,4-6H2,1,3H3/q-1. The average Bonchev–Trinajstić information content (AvgIpc) is 1.61. The van der Waals surface area contributed by atoms with Gasteiger partial charge in [-0.3, -0.25) is 7.05 Å². The van der Waals surface area contributed by atoms with Crippen molar-refractivity contribution in [1.82, 2.24) is 4.90 Å². The van der Waals surface area contributed by atoms with Gasteiger partial charge in [-0.25, -0.2) is 0 Å². The van der Waals surface area contributed by atoms with E-state index in [1.807, 2.05) is 11.9 Å². The third kappa shape index (κ3) is 5.96. The highest BCUT2D eigenvalue weighted by molar-refractivity contribution is 4.44. The van der Waals surface area contributed by atoms with E-state index in [2.05, 4.69) is 14.0 Å². The summed E-state index contributed by atoms with van der Waals surface area (Å²) in [5, 5.41) is 0. The van der Waals surface area contributed by atoms with Crippen molar-refractivity contribution in [2.45, 2.75) is 19.8 Å². The van der Waals surface area contributed by atoms with Gasteiger partial charge in [-0.05, 0) is 20.0 Å². The van der Waals surface area contributed by atoms with Gasteiger partial charge in [-0.2, -0.15) is 0 Å². The number of rotatable bonds is 3. The topological polar surface area (TPSA) is 3.24 Å². The summed E-state index contributed by atoms with van der Waals surface area (Å²) in [5.74, 6) is 0. The van der Waals surface area contributed by atoms with Gasteiger partial charge in [0.2, 0.25) is 0 Å². The van der Waals surface area contributed by atoms with Gasteiger partial charge in [-0.1, -0.05) is 13.3 Å². The molecule has 0 saturated heterocycles. The molecule has 0 aromatic rings. The van der Waals surface area contributed by atoms with Gasteiger partial charge in [0.05, 0.1) is 0 Å². The van der Waals surface area contributed by atoms with E-state index in [4.69, 9.17) is 0 Å². The first-order valence-corrected chi connectivity index (χ1v) is 2.79. The van der Waals surface area contributed by atoms with E-state index >= 15 is 0 Å². The second-order valence-electron chi connectivity index (χ2n) is 1.93. The van der Waals surface area contributed by atoms with E-state index in [0.717, 1.165) is 6.54 Å². The normalized spacial score (nSPS) is 10.3. The molecule has 1 nitrogen and oxygen atoms in total. The van der Waals surface area contributed by atoms with Crippen LogP contribution in [0.4, 0.5) is 0 Å². The largest absolute Gasteiger partial charge is 0.462 e. The SMILES string of the molecule is [CH2-]N(C)CCCC. The Kier molecular flexibility index (Phi) is 4.10. The van der Waals surface area contributed by atoms with Gasteiger partial charge >= 0.3 is 0 Å². The van der Waals surface area contributed by atoms with Crippen LogP contribution in [0.2, 0.25) is 0 Å². The lowest BCUT2D eigenvalue weighted by molar-refractivity contribution is 0.436. The van der Waals surface area contributed by atoms with Gasteiger partial charge in [-0.15, -0.1) is 0 Å². The van der Waals surface area contributed by atoms with E-state index in [1.54, 1.807) is 0 Å². The molecule has 0 aromatic heterocycles. The first kappa shape index (κ1) is 6.96. The maximum absolute atomic E-state index is 3.71. The molecule has 0 N–H and O–H groups in total. The Morgan fingerprint density at radius 2 is 2.14 bits per heavy atom. The summed E-state index contributed by atoms with van der Waals surface area (Å²) in [7, 11) is 5.70. The molecule has 0 saturated carbocycles. The van der Waals surface area contributed by atoms with Gasteiger partial charge in [0.1, 0.15) is 0 Å². The molecule has 0 aliphatic rings. The highest BCUT2D eigenvalue weighted by Gasteiger charge is 1.78. The summed E-state index contributed by atoms with van der Waals surface area (Å²) < 4.78 is 0. The molecule has 0 rings (SSSR count). The van der Waals surface area contributed by atoms with E-state index in [1.165, 1.54) is 12.8 Å². The lowest BCUT2D eigenvalue weighted by Gasteiger charge is -2.15. The minimum absolute atomic E-state index is 1.12. The van der Waals surface area contributed by atoms with Crippen LogP contribution in [0.25, 0.3) is 0 Å². The van der Waals surface area contributed by atoms with Crippen LogP contribution in [0.5, 0.6) is 0 Å². The predicted octanol–water partition coefficient (Wildman–Crippen LogP) is 1.51. The van der Waals surface area contributed by atoms with Gasteiger partial charge in [0.25, 0.3) is 0 Å². The first-order valence-electron chi connectivity index (χ1n) is 2.79. The van der Waals surface area contributed by atoms with Crippen molar-refractivity contribution in [3.8, 4) is 0 Å². The van der Waals surface area contributed by atoms with E-state index < -0.39 is 0 Å². The van der Waals surface area contributed by atoms with Gasteiger partial charge in [0, 0.05) is 0 Å². The molecule has 0 fully saturated rings. The van der Waals surface area contributed by atoms with Gasteiger partial charge < -0.3 is 4.90 Å². The lowest BCUT2D eigenvalue weighted by Crippen LogP contribution is -2.09. The van der Waals surface area contributed by atoms with Crippen molar-refractivity contribution in [2.24, 2.45) is 0 Å². The van der Waals surface area contributed by atoms with E-state index in [0.29, 0.717) is 0 Å². The molecule has 0 unspecified atom stereocenters. The molecular formula is C6H14N-. The summed E-state index contributed by atoms with van der Waals surface area (Å²) in [5.41, 5.74) is 0. The van der Waals surface area contributed by atoms with Crippen LogP contribution in [-0.2, 0) is 0 Å². The van der Waals surface area contributed by atoms with Crippen molar-refractivity contribution in [1.29, 1.82) is 0 Å². The molecule has 0 aromatic carbocycles. The fraction of sp³-hybridized carbons (Fsp3) is 0.833. The molecule has 0 radical (unpaired) electrons. The second-order valence-corrected chi connectivity index (χ2v) is 1.93.